The highest BCUT2D eigenvalue weighted by atomic mass is 32.2. The highest BCUT2D eigenvalue weighted by Crippen LogP contribution is 2.19. The number of nitrogens with zero attached hydrogens (tertiary/aromatic N) is 1. The van der Waals surface area contributed by atoms with Gasteiger partial charge in [-0.15, -0.1) is 0 Å². The molecule has 7 nitrogen and oxygen atoms in total. The Bertz CT molecular complexity index is 463. The van der Waals surface area contributed by atoms with Crippen LogP contribution < -0.4 is 10.3 Å². The van der Waals surface area contributed by atoms with Crippen LogP contribution in [-0.2, 0) is 20.0 Å². The zero-order valence-corrected chi connectivity index (χ0v) is 14.1. The summed E-state index contributed by atoms with van der Waals surface area (Å²) in [4.78, 5) is 2.38. The van der Waals surface area contributed by atoms with E-state index in [0.717, 1.165) is 0 Å². The molecule has 0 aromatic rings. The summed E-state index contributed by atoms with van der Waals surface area (Å²) in [6, 6.07) is 0. The maximum absolute atomic E-state index is 10.8. The van der Waals surface area contributed by atoms with E-state index in [-0.39, 0.29) is 0 Å². The van der Waals surface area contributed by atoms with Crippen molar-refractivity contribution in [1.29, 1.82) is 0 Å². The summed E-state index contributed by atoms with van der Waals surface area (Å²) in [7, 11) is -10.7. The molecule has 0 spiro atoms. The number of sulfonamides is 2. The van der Waals surface area contributed by atoms with E-state index in [9.17, 15) is 43.2 Å². The first-order chi connectivity index (χ1) is 9.85. The Morgan fingerprint density at radius 3 is 0.826 bits per heavy atom. The number of halogens is 6. The largest absolute Gasteiger partial charge is 0.511 e. The molecule has 0 rings (SSSR count). The van der Waals surface area contributed by atoms with E-state index in [1.807, 2.05) is 0 Å². The second-order valence-corrected chi connectivity index (χ2v) is 6.71. The molecule has 0 saturated carbocycles. The topological polar surface area (TPSA) is 124 Å². The van der Waals surface area contributed by atoms with Crippen LogP contribution in [0.15, 0.2) is 0 Å². The predicted octanol–water partition coefficient (Wildman–Crippen LogP) is 0.938. The molecule has 15 heteroatoms. The minimum Gasteiger partial charge on any atom is -0.304 e. The predicted molar refractivity (Wildman–Crippen MR) is 71.8 cm³/mol. The first-order valence-electron chi connectivity index (χ1n) is 5.75. The number of primary sulfonamides is 2. The van der Waals surface area contributed by atoms with E-state index < -0.39 is 31.1 Å². The minimum absolute atomic E-state index is 1.19. The maximum Gasteiger partial charge on any atom is 0.511 e. The molecule has 0 saturated heterocycles. The van der Waals surface area contributed by atoms with Crippen molar-refractivity contribution >= 4 is 20.0 Å². The maximum atomic E-state index is 10.8. The summed E-state index contributed by atoms with van der Waals surface area (Å²) in [5.74, 6) is 0. The first kappa shape index (κ1) is 27.2. The molecule has 0 aliphatic rings. The third kappa shape index (κ3) is 14.7. The third-order valence-corrected chi connectivity index (χ3v) is 3.28. The van der Waals surface area contributed by atoms with E-state index in [0.29, 0.717) is 0 Å². The zero-order chi connectivity index (χ0) is 19.7. The van der Waals surface area contributed by atoms with Crippen LogP contribution in [0.3, 0.4) is 0 Å². The molecule has 144 valence electrons. The van der Waals surface area contributed by atoms with Crippen molar-refractivity contribution in [3.8, 4) is 0 Å². The van der Waals surface area contributed by atoms with Gasteiger partial charge in [-0.05, 0) is 19.6 Å². The molecule has 0 bridgehead atoms. The normalized spacial score (nSPS) is 12.9. The quantitative estimate of drug-likeness (QED) is 0.684. The van der Waals surface area contributed by atoms with Gasteiger partial charge in [-0.2, -0.15) is 26.3 Å². The molecule has 0 aliphatic heterocycles. The lowest BCUT2D eigenvalue weighted by atomic mass is 10.5. The van der Waals surface area contributed by atoms with Crippen molar-refractivity contribution in [3.63, 3.8) is 0 Å². The lowest BCUT2D eigenvalue weighted by Crippen LogP contribution is -2.30. The number of alkyl halides is 6. The Morgan fingerprint density at radius 2 is 0.826 bits per heavy atom. The standard InChI is InChI=1S/C6H15N.2CH2F3NO2S/c1-4-7(5-2)6-3;2*2-1(3,4)8(5,6)7/h4-6H2,1-3H3;2*(H2,5,6,7). The summed E-state index contributed by atoms with van der Waals surface area (Å²) in [5, 5.41) is 7.32. The molecule has 0 amide bonds. The Balaban J connectivity index is -0.000000262. The number of nitrogens with two attached hydrogens (primary N) is 2. The average molecular weight is 399 g/mol. The molecule has 0 aromatic carbocycles. The van der Waals surface area contributed by atoms with Crippen LogP contribution in [0.1, 0.15) is 20.8 Å². The van der Waals surface area contributed by atoms with E-state index in [1.54, 1.807) is 0 Å². The SMILES string of the molecule is CCN(CC)CC.NS(=O)(=O)C(F)(F)F.NS(=O)(=O)C(F)(F)F. The van der Waals surface area contributed by atoms with Crippen LogP contribution >= 0.6 is 0 Å². The smallest absolute Gasteiger partial charge is 0.304 e. The summed E-state index contributed by atoms with van der Waals surface area (Å²) < 4.78 is 102. The molecule has 0 aliphatic carbocycles. The van der Waals surface area contributed by atoms with Crippen molar-refractivity contribution in [2.45, 2.75) is 31.8 Å². The monoisotopic (exact) mass is 399 g/mol. The average Bonchev–Trinajstić information content (AvgIpc) is 2.27. The molecular formula is C8H19F6N3O4S2. The van der Waals surface area contributed by atoms with Gasteiger partial charge >= 0.3 is 31.1 Å². The number of rotatable bonds is 3. The Hall–Kier alpha value is -0.640. The van der Waals surface area contributed by atoms with Crippen molar-refractivity contribution in [1.82, 2.24) is 4.90 Å². The van der Waals surface area contributed by atoms with Gasteiger partial charge in [0.05, 0.1) is 0 Å². The molecule has 0 radical (unpaired) electrons. The summed E-state index contributed by atoms with van der Waals surface area (Å²) in [5.41, 5.74) is -10.6. The van der Waals surface area contributed by atoms with Crippen LogP contribution in [0.25, 0.3) is 0 Å². The fourth-order valence-corrected chi connectivity index (χ4v) is 0.671. The molecule has 23 heavy (non-hydrogen) atoms. The molecule has 0 fully saturated rings. The minimum atomic E-state index is -5.34. The van der Waals surface area contributed by atoms with Crippen LogP contribution in [-0.4, -0.2) is 52.4 Å². The molecule has 0 heterocycles. The Kier molecular flexibility index (Phi) is 12.2. The van der Waals surface area contributed by atoms with E-state index in [1.165, 1.54) is 19.6 Å². The lowest BCUT2D eigenvalue weighted by Gasteiger charge is -2.13. The van der Waals surface area contributed by atoms with Crippen molar-refractivity contribution in [3.05, 3.63) is 0 Å². The number of hydrogen-bond acceptors (Lipinski definition) is 5. The van der Waals surface area contributed by atoms with Crippen LogP contribution in [0, 0.1) is 0 Å². The highest BCUT2D eigenvalue weighted by molar-refractivity contribution is 7.90. The fourth-order valence-electron chi connectivity index (χ4n) is 0.671. The van der Waals surface area contributed by atoms with E-state index in [2.05, 4.69) is 35.9 Å². The van der Waals surface area contributed by atoms with Crippen molar-refractivity contribution < 1.29 is 43.2 Å². The molecular weight excluding hydrogens is 380 g/mol. The van der Waals surface area contributed by atoms with Gasteiger partial charge in [-0.25, -0.2) is 27.1 Å². The second-order valence-electron chi connectivity index (χ2n) is 3.60. The van der Waals surface area contributed by atoms with Gasteiger partial charge < -0.3 is 4.90 Å². The van der Waals surface area contributed by atoms with Gasteiger partial charge in [0, 0.05) is 0 Å². The van der Waals surface area contributed by atoms with Crippen LogP contribution in [0.2, 0.25) is 0 Å². The van der Waals surface area contributed by atoms with Gasteiger partial charge in [0.2, 0.25) is 0 Å². The Morgan fingerprint density at radius 1 is 0.696 bits per heavy atom. The first-order valence-corrected chi connectivity index (χ1v) is 8.84. The van der Waals surface area contributed by atoms with Gasteiger partial charge in [0.15, 0.2) is 0 Å². The van der Waals surface area contributed by atoms with Crippen molar-refractivity contribution in [2.75, 3.05) is 19.6 Å². The molecule has 0 aromatic heterocycles. The van der Waals surface area contributed by atoms with Gasteiger partial charge in [0.1, 0.15) is 0 Å². The lowest BCUT2D eigenvalue weighted by molar-refractivity contribution is -0.0441. The highest BCUT2D eigenvalue weighted by Gasteiger charge is 2.43. The summed E-state index contributed by atoms with van der Waals surface area (Å²) >= 11 is 0. The number of hydrogen-bond donors (Lipinski definition) is 2. The van der Waals surface area contributed by atoms with Crippen LogP contribution in [0.4, 0.5) is 26.3 Å². The fraction of sp³-hybridized carbons (Fsp3) is 1.00. The molecule has 0 atom stereocenters. The second kappa shape index (κ2) is 10.3. The van der Waals surface area contributed by atoms with Gasteiger partial charge in [-0.3, -0.25) is 0 Å². The summed E-state index contributed by atoms with van der Waals surface area (Å²) in [6.07, 6.45) is 0. The Labute approximate surface area is 130 Å². The third-order valence-electron chi connectivity index (χ3n) is 1.99. The molecule has 4 N–H and O–H groups in total. The summed E-state index contributed by atoms with van der Waals surface area (Å²) in [6.45, 7) is 10.1. The van der Waals surface area contributed by atoms with Crippen LogP contribution in [0.5, 0.6) is 0 Å². The van der Waals surface area contributed by atoms with E-state index >= 15 is 0 Å². The van der Waals surface area contributed by atoms with Crippen molar-refractivity contribution in [2.24, 2.45) is 10.3 Å². The van der Waals surface area contributed by atoms with E-state index in [4.69, 9.17) is 0 Å². The van der Waals surface area contributed by atoms with Gasteiger partial charge in [-0.1, -0.05) is 20.8 Å². The van der Waals surface area contributed by atoms with Gasteiger partial charge in [0.25, 0.3) is 0 Å². The zero-order valence-electron chi connectivity index (χ0n) is 12.4. The molecule has 0 unspecified atom stereocenters.